The zero-order valence-electron chi connectivity index (χ0n) is 15.6. The van der Waals surface area contributed by atoms with Gasteiger partial charge in [0.1, 0.15) is 5.00 Å². The molecule has 1 N–H and O–H groups in total. The molecule has 4 nitrogen and oxygen atoms in total. The number of esters is 1. The van der Waals surface area contributed by atoms with Gasteiger partial charge in [0, 0.05) is 11.0 Å². The molecule has 0 saturated carbocycles. The topological polar surface area (TPSA) is 55.4 Å². The molecule has 0 saturated heterocycles. The van der Waals surface area contributed by atoms with Crippen molar-refractivity contribution in [3.63, 3.8) is 0 Å². The highest BCUT2D eigenvalue weighted by atomic mass is 32.1. The van der Waals surface area contributed by atoms with Crippen molar-refractivity contribution in [1.82, 2.24) is 0 Å². The van der Waals surface area contributed by atoms with Gasteiger partial charge in [-0.15, -0.1) is 11.3 Å². The molecule has 5 heteroatoms. The van der Waals surface area contributed by atoms with Crippen LogP contribution in [0.1, 0.15) is 59.0 Å². The number of aryl methyl sites for hydroxylation is 1. The van der Waals surface area contributed by atoms with Gasteiger partial charge in [-0.3, -0.25) is 4.79 Å². The van der Waals surface area contributed by atoms with Crippen LogP contribution in [0.5, 0.6) is 0 Å². The summed E-state index contributed by atoms with van der Waals surface area (Å²) in [4.78, 5) is 26.3. The monoisotopic (exact) mass is 383 g/mol. The minimum Gasteiger partial charge on any atom is -0.462 e. The van der Waals surface area contributed by atoms with Gasteiger partial charge in [-0.1, -0.05) is 43.7 Å². The fourth-order valence-electron chi connectivity index (χ4n) is 3.20. The summed E-state index contributed by atoms with van der Waals surface area (Å²) in [6, 6.07) is 9.66. The Morgan fingerprint density at radius 1 is 1.15 bits per heavy atom. The Morgan fingerprint density at radius 2 is 1.93 bits per heavy atom. The van der Waals surface area contributed by atoms with Gasteiger partial charge in [0.05, 0.1) is 12.2 Å². The normalized spacial score (nSPS) is 13.8. The number of fused-ring (bicyclic) bond motifs is 1. The van der Waals surface area contributed by atoms with E-state index in [0.29, 0.717) is 17.2 Å². The van der Waals surface area contributed by atoms with E-state index in [1.807, 2.05) is 37.3 Å². The maximum Gasteiger partial charge on any atom is 0.341 e. The molecule has 1 aromatic carbocycles. The van der Waals surface area contributed by atoms with Gasteiger partial charge in [-0.05, 0) is 49.3 Å². The van der Waals surface area contributed by atoms with Gasteiger partial charge in [0.15, 0.2) is 0 Å². The second-order valence-electron chi connectivity index (χ2n) is 6.64. The Hall–Kier alpha value is -2.40. The van der Waals surface area contributed by atoms with Gasteiger partial charge in [-0.2, -0.15) is 0 Å². The van der Waals surface area contributed by atoms with Crippen molar-refractivity contribution in [3.05, 3.63) is 58.0 Å². The Bertz CT molecular complexity index is 824. The number of carbonyl (C=O) groups is 2. The van der Waals surface area contributed by atoms with Crippen molar-refractivity contribution >= 4 is 34.3 Å². The minimum atomic E-state index is -0.321. The van der Waals surface area contributed by atoms with Crippen LogP contribution in [0.25, 0.3) is 6.08 Å². The lowest BCUT2D eigenvalue weighted by atomic mass is 10.1. The first kappa shape index (κ1) is 19.4. The summed E-state index contributed by atoms with van der Waals surface area (Å²) in [5.41, 5.74) is 2.59. The van der Waals surface area contributed by atoms with Crippen LogP contribution in [0.4, 0.5) is 5.00 Å². The van der Waals surface area contributed by atoms with E-state index in [0.717, 1.165) is 43.2 Å². The van der Waals surface area contributed by atoms with E-state index in [4.69, 9.17) is 4.74 Å². The molecule has 0 atom stereocenters. The number of nitrogens with one attached hydrogen (secondary N) is 1. The molecule has 0 radical (unpaired) electrons. The number of rotatable bonds is 6. The lowest BCUT2D eigenvalue weighted by Crippen LogP contribution is -2.13. The average molecular weight is 384 g/mol. The summed E-state index contributed by atoms with van der Waals surface area (Å²) in [5.74, 6) is -0.557. The third kappa shape index (κ3) is 5.07. The number of anilines is 1. The third-order valence-corrected chi connectivity index (χ3v) is 5.73. The quantitative estimate of drug-likeness (QED) is 0.422. The summed E-state index contributed by atoms with van der Waals surface area (Å²) in [7, 11) is 0. The van der Waals surface area contributed by atoms with Crippen molar-refractivity contribution < 1.29 is 14.3 Å². The van der Waals surface area contributed by atoms with Gasteiger partial charge in [0.2, 0.25) is 5.91 Å². The summed E-state index contributed by atoms with van der Waals surface area (Å²) < 4.78 is 5.39. The third-order valence-electron chi connectivity index (χ3n) is 4.53. The number of thiophene rings is 1. The molecule has 0 aliphatic heterocycles. The molecule has 1 aliphatic carbocycles. The first-order valence-corrected chi connectivity index (χ1v) is 10.4. The first-order chi connectivity index (χ1) is 13.2. The number of hydrogen-bond acceptors (Lipinski definition) is 4. The zero-order chi connectivity index (χ0) is 19.1. The van der Waals surface area contributed by atoms with Gasteiger partial charge in [-0.25, -0.2) is 4.79 Å². The van der Waals surface area contributed by atoms with Crippen molar-refractivity contribution in [1.29, 1.82) is 0 Å². The molecule has 0 spiro atoms. The number of carbonyl (C=O) groups excluding carboxylic acids is 2. The molecule has 27 heavy (non-hydrogen) atoms. The summed E-state index contributed by atoms with van der Waals surface area (Å²) in [6.07, 6.45) is 9.25. The Labute approximate surface area is 164 Å². The fraction of sp³-hybridized carbons (Fsp3) is 0.364. The molecule has 1 aliphatic rings. The summed E-state index contributed by atoms with van der Waals surface area (Å²) in [5, 5.41) is 3.52. The molecule has 2 aromatic rings. The molecule has 0 fully saturated rings. The minimum absolute atomic E-state index is 0.236. The average Bonchev–Trinajstić information content (AvgIpc) is 2.85. The van der Waals surface area contributed by atoms with E-state index in [9.17, 15) is 9.59 Å². The first-order valence-electron chi connectivity index (χ1n) is 9.54. The zero-order valence-corrected chi connectivity index (χ0v) is 16.4. The Morgan fingerprint density at radius 3 is 2.70 bits per heavy atom. The number of hydrogen-bond donors (Lipinski definition) is 1. The lowest BCUT2D eigenvalue weighted by Gasteiger charge is -2.08. The number of benzene rings is 1. The van der Waals surface area contributed by atoms with Crippen molar-refractivity contribution in [2.75, 3.05) is 11.9 Å². The summed E-state index contributed by atoms with van der Waals surface area (Å²) in [6.45, 7) is 2.36. The van der Waals surface area contributed by atoms with Crippen molar-refractivity contribution in [3.8, 4) is 0 Å². The second kappa shape index (κ2) is 9.51. The van der Waals surface area contributed by atoms with Crippen LogP contribution >= 0.6 is 11.3 Å². The Balaban J connectivity index is 1.82. The van der Waals surface area contributed by atoms with Crippen LogP contribution in [-0.2, 0) is 22.4 Å². The molecular weight excluding hydrogens is 358 g/mol. The second-order valence-corrected chi connectivity index (χ2v) is 7.74. The maximum absolute atomic E-state index is 12.6. The lowest BCUT2D eigenvalue weighted by molar-refractivity contribution is -0.111. The van der Waals surface area contributed by atoms with Gasteiger partial charge in [0.25, 0.3) is 0 Å². The van der Waals surface area contributed by atoms with E-state index >= 15 is 0 Å². The maximum atomic E-state index is 12.6. The van der Waals surface area contributed by atoms with Crippen LogP contribution in [0.2, 0.25) is 0 Å². The molecule has 0 bridgehead atoms. The standard InChI is InChI=1S/C22H25NO3S/c1-2-15-26-22(25)20-17-11-7-4-8-12-18(17)27-21(20)23-19(24)14-13-16-9-5-3-6-10-16/h3,5-6,9-10,13-14H,2,4,7-8,11-12,15H2,1H3,(H,23,24)/b14-13+. The molecule has 0 unspecified atom stereocenters. The van der Waals surface area contributed by atoms with Gasteiger partial charge >= 0.3 is 5.97 Å². The predicted octanol–water partition coefficient (Wildman–Crippen LogP) is 5.24. The smallest absolute Gasteiger partial charge is 0.341 e. The van der Waals surface area contributed by atoms with Crippen LogP contribution in [-0.4, -0.2) is 18.5 Å². The molecular formula is C22H25NO3S. The molecule has 1 aromatic heterocycles. The van der Waals surface area contributed by atoms with E-state index < -0.39 is 0 Å². The van der Waals surface area contributed by atoms with Crippen LogP contribution in [0.3, 0.4) is 0 Å². The van der Waals surface area contributed by atoms with E-state index in [-0.39, 0.29) is 11.9 Å². The summed E-state index contributed by atoms with van der Waals surface area (Å²) >= 11 is 1.52. The number of ether oxygens (including phenoxy) is 1. The fourth-order valence-corrected chi connectivity index (χ4v) is 4.48. The SMILES string of the molecule is CCCOC(=O)c1c(NC(=O)/C=C/c2ccccc2)sc2c1CCCCC2. The van der Waals surface area contributed by atoms with Crippen LogP contribution in [0, 0.1) is 0 Å². The van der Waals surface area contributed by atoms with E-state index in [2.05, 4.69) is 5.32 Å². The van der Waals surface area contributed by atoms with E-state index in [1.165, 1.54) is 28.7 Å². The highest BCUT2D eigenvalue weighted by molar-refractivity contribution is 7.17. The largest absolute Gasteiger partial charge is 0.462 e. The van der Waals surface area contributed by atoms with E-state index in [1.54, 1.807) is 6.08 Å². The van der Waals surface area contributed by atoms with Crippen molar-refractivity contribution in [2.24, 2.45) is 0 Å². The molecule has 1 heterocycles. The van der Waals surface area contributed by atoms with Crippen molar-refractivity contribution in [2.45, 2.75) is 45.4 Å². The van der Waals surface area contributed by atoms with Crippen LogP contribution in [0.15, 0.2) is 36.4 Å². The predicted molar refractivity (Wildman–Crippen MR) is 110 cm³/mol. The highest BCUT2D eigenvalue weighted by Crippen LogP contribution is 2.38. The Kier molecular flexibility index (Phi) is 6.82. The number of amides is 1. The molecule has 1 amide bonds. The molecule has 142 valence electrons. The highest BCUT2D eigenvalue weighted by Gasteiger charge is 2.26. The molecule has 3 rings (SSSR count). The van der Waals surface area contributed by atoms with Crippen LogP contribution < -0.4 is 5.32 Å². The van der Waals surface area contributed by atoms with Gasteiger partial charge < -0.3 is 10.1 Å².